The Morgan fingerprint density at radius 2 is 1.90 bits per heavy atom. The number of fused-ring (bicyclic) bond motifs is 1. The monoisotopic (exact) mass is 457 g/mol. The number of nitrogens with zero attached hydrogens (tertiary/aromatic N) is 1. The van der Waals surface area contributed by atoms with Crippen molar-refractivity contribution < 1.29 is 18.4 Å². The predicted molar refractivity (Wildman–Crippen MR) is 121 cm³/mol. The molecule has 1 aromatic heterocycles. The van der Waals surface area contributed by atoms with Crippen LogP contribution in [-0.4, -0.2) is 39.1 Å². The van der Waals surface area contributed by atoms with E-state index in [1.165, 1.54) is 29.2 Å². The van der Waals surface area contributed by atoms with E-state index >= 15 is 0 Å². The van der Waals surface area contributed by atoms with E-state index in [0.29, 0.717) is 27.8 Å². The maximum Gasteiger partial charge on any atom is 0.266 e. The molecule has 9 heteroatoms. The van der Waals surface area contributed by atoms with Crippen LogP contribution >= 0.6 is 24.0 Å². The van der Waals surface area contributed by atoms with Gasteiger partial charge in [-0.05, 0) is 54.0 Å². The Labute approximate surface area is 186 Å². The average Bonchev–Trinajstić information content (AvgIpc) is 3.25. The first-order valence-corrected chi connectivity index (χ1v) is 10.7. The molecule has 0 unspecified atom stereocenters. The molecule has 2 aromatic carbocycles. The van der Waals surface area contributed by atoms with Crippen molar-refractivity contribution in [1.82, 2.24) is 15.2 Å². The third kappa shape index (κ3) is 4.83. The Kier molecular flexibility index (Phi) is 6.15. The number of rotatable bonds is 6. The number of thioether (sulfide) groups is 1. The van der Waals surface area contributed by atoms with Crippen LogP contribution in [0, 0.1) is 11.6 Å². The lowest BCUT2D eigenvalue weighted by Crippen LogP contribution is -2.40. The summed E-state index contributed by atoms with van der Waals surface area (Å²) in [5.41, 5.74) is 2.39. The first-order valence-electron chi connectivity index (χ1n) is 9.44. The zero-order chi connectivity index (χ0) is 22.0. The SMILES string of the molecule is O=C(CN1C(=O)C(=Cc2ccc(F)cc2)SC1=S)NCCc1c[nH]c2ccc(F)cc12. The maximum absolute atomic E-state index is 13.5. The summed E-state index contributed by atoms with van der Waals surface area (Å²) in [5, 5.41) is 3.54. The average molecular weight is 458 g/mol. The minimum atomic E-state index is -0.362. The van der Waals surface area contributed by atoms with Crippen LogP contribution in [0.1, 0.15) is 11.1 Å². The second-order valence-corrected chi connectivity index (χ2v) is 8.60. The number of H-pyrrole nitrogens is 1. The van der Waals surface area contributed by atoms with Gasteiger partial charge in [-0.1, -0.05) is 36.1 Å². The number of thiocarbonyl (C=S) groups is 1. The molecule has 2 amide bonds. The fourth-order valence-electron chi connectivity index (χ4n) is 3.24. The van der Waals surface area contributed by atoms with E-state index in [0.717, 1.165) is 28.2 Å². The number of benzene rings is 2. The number of aromatic amines is 1. The Hall–Kier alpha value is -3.04. The highest BCUT2D eigenvalue weighted by Gasteiger charge is 2.33. The van der Waals surface area contributed by atoms with Crippen LogP contribution in [-0.2, 0) is 16.0 Å². The molecular weight excluding hydrogens is 440 g/mol. The molecule has 158 valence electrons. The van der Waals surface area contributed by atoms with E-state index in [1.54, 1.807) is 30.5 Å². The molecule has 4 rings (SSSR count). The standard InChI is InChI=1S/C22H17F2N3O2S2/c23-15-3-1-13(2-4-15)9-19-21(29)27(22(30)31-19)12-20(28)25-8-7-14-11-26-18-6-5-16(24)10-17(14)18/h1-6,9-11,26H,7-8,12H2,(H,25,28). The van der Waals surface area contributed by atoms with Crippen LogP contribution in [0.3, 0.4) is 0 Å². The van der Waals surface area contributed by atoms with Crippen molar-refractivity contribution in [1.29, 1.82) is 0 Å². The number of amides is 2. The Bertz CT molecular complexity index is 1210. The molecule has 1 aliphatic rings. The van der Waals surface area contributed by atoms with Crippen LogP contribution < -0.4 is 5.32 Å². The zero-order valence-electron chi connectivity index (χ0n) is 16.2. The summed E-state index contributed by atoms with van der Waals surface area (Å²) in [4.78, 5) is 29.6. The summed E-state index contributed by atoms with van der Waals surface area (Å²) in [5.74, 6) is -1.38. The van der Waals surface area contributed by atoms with Gasteiger partial charge in [0.15, 0.2) is 0 Å². The van der Waals surface area contributed by atoms with Gasteiger partial charge < -0.3 is 10.3 Å². The van der Waals surface area contributed by atoms with Crippen molar-refractivity contribution in [2.45, 2.75) is 6.42 Å². The second kappa shape index (κ2) is 8.99. The summed E-state index contributed by atoms with van der Waals surface area (Å²) >= 11 is 6.34. The van der Waals surface area contributed by atoms with Crippen molar-refractivity contribution in [2.75, 3.05) is 13.1 Å². The summed E-state index contributed by atoms with van der Waals surface area (Å²) in [6.07, 6.45) is 3.92. The van der Waals surface area contributed by atoms with E-state index in [9.17, 15) is 18.4 Å². The third-order valence-corrected chi connectivity index (χ3v) is 6.17. The van der Waals surface area contributed by atoms with E-state index in [4.69, 9.17) is 12.2 Å². The first-order chi connectivity index (χ1) is 14.9. The fraction of sp³-hybridized carbons (Fsp3) is 0.136. The van der Waals surface area contributed by atoms with Crippen LogP contribution in [0.2, 0.25) is 0 Å². The molecule has 0 atom stereocenters. The van der Waals surface area contributed by atoms with E-state index in [-0.39, 0.29) is 30.0 Å². The normalized spacial score (nSPS) is 15.3. The summed E-state index contributed by atoms with van der Waals surface area (Å²) < 4.78 is 26.8. The molecule has 1 fully saturated rings. The molecule has 3 aromatic rings. The number of carbonyl (C=O) groups is 2. The fourth-order valence-corrected chi connectivity index (χ4v) is 4.50. The van der Waals surface area contributed by atoms with Crippen molar-refractivity contribution >= 4 is 57.1 Å². The van der Waals surface area contributed by atoms with Gasteiger partial charge in [0.2, 0.25) is 5.91 Å². The molecule has 5 nitrogen and oxygen atoms in total. The van der Waals surface area contributed by atoms with Gasteiger partial charge in [0.1, 0.15) is 22.5 Å². The van der Waals surface area contributed by atoms with Gasteiger partial charge in [0, 0.05) is 23.6 Å². The van der Waals surface area contributed by atoms with Gasteiger partial charge in [-0.15, -0.1) is 0 Å². The lowest BCUT2D eigenvalue weighted by molar-refractivity contribution is -0.128. The third-order valence-electron chi connectivity index (χ3n) is 4.79. The molecule has 0 aliphatic carbocycles. The van der Waals surface area contributed by atoms with Gasteiger partial charge >= 0.3 is 0 Å². The number of nitrogens with one attached hydrogen (secondary N) is 2. The van der Waals surface area contributed by atoms with Crippen LogP contribution in [0.5, 0.6) is 0 Å². The van der Waals surface area contributed by atoms with Crippen LogP contribution in [0.25, 0.3) is 17.0 Å². The Balaban J connectivity index is 1.33. The summed E-state index contributed by atoms with van der Waals surface area (Å²) in [6.45, 7) is 0.149. The first kappa shape index (κ1) is 21.2. The Morgan fingerprint density at radius 3 is 2.68 bits per heavy atom. The number of hydrogen-bond acceptors (Lipinski definition) is 4. The molecule has 2 N–H and O–H groups in total. The van der Waals surface area contributed by atoms with Crippen molar-refractivity contribution in [3.8, 4) is 0 Å². The van der Waals surface area contributed by atoms with Crippen molar-refractivity contribution in [3.05, 3.63) is 76.3 Å². The number of halogens is 2. The molecule has 1 saturated heterocycles. The molecule has 1 aliphatic heterocycles. The lowest BCUT2D eigenvalue weighted by Gasteiger charge is -2.14. The lowest BCUT2D eigenvalue weighted by atomic mass is 10.1. The quantitative estimate of drug-likeness (QED) is 0.434. The highest BCUT2D eigenvalue weighted by molar-refractivity contribution is 8.26. The number of hydrogen-bond donors (Lipinski definition) is 2. The van der Waals surface area contributed by atoms with Crippen LogP contribution in [0.15, 0.2) is 53.6 Å². The van der Waals surface area contributed by atoms with Crippen LogP contribution in [0.4, 0.5) is 8.78 Å². The number of aromatic nitrogens is 1. The molecule has 0 radical (unpaired) electrons. The minimum absolute atomic E-state index is 0.187. The summed E-state index contributed by atoms with van der Waals surface area (Å²) in [6, 6.07) is 10.2. The Morgan fingerprint density at radius 1 is 1.16 bits per heavy atom. The predicted octanol–water partition coefficient (Wildman–Crippen LogP) is 4.01. The van der Waals surface area contributed by atoms with E-state index in [1.807, 2.05) is 0 Å². The largest absolute Gasteiger partial charge is 0.361 e. The van der Waals surface area contributed by atoms with Gasteiger partial charge in [-0.2, -0.15) is 0 Å². The smallest absolute Gasteiger partial charge is 0.266 e. The molecule has 0 bridgehead atoms. The highest BCUT2D eigenvalue weighted by atomic mass is 32.2. The van der Waals surface area contributed by atoms with Gasteiger partial charge in [-0.25, -0.2) is 8.78 Å². The molecule has 0 spiro atoms. The zero-order valence-corrected chi connectivity index (χ0v) is 17.8. The highest BCUT2D eigenvalue weighted by Crippen LogP contribution is 2.32. The maximum atomic E-state index is 13.5. The van der Waals surface area contributed by atoms with Gasteiger partial charge in [-0.3, -0.25) is 14.5 Å². The van der Waals surface area contributed by atoms with E-state index < -0.39 is 0 Å². The summed E-state index contributed by atoms with van der Waals surface area (Å²) in [7, 11) is 0. The topological polar surface area (TPSA) is 65.2 Å². The molecule has 0 saturated carbocycles. The van der Waals surface area contributed by atoms with Crippen molar-refractivity contribution in [3.63, 3.8) is 0 Å². The van der Waals surface area contributed by atoms with Gasteiger partial charge in [0.05, 0.1) is 4.91 Å². The second-order valence-electron chi connectivity index (χ2n) is 6.92. The van der Waals surface area contributed by atoms with Crippen molar-refractivity contribution in [2.24, 2.45) is 0 Å². The van der Waals surface area contributed by atoms with E-state index in [2.05, 4.69) is 10.3 Å². The van der Waals surface area contributed by atoms with Gasteiger partial charge in [0.25, 0.3) is 5.91 Å². The molecule has 2 heterocycles. The molecule has 31 heavy (non-hydrogen) atoms. The molecular formula is C22H17F2N3O2S2. The number of carbonyl (C=O) groups excluding carboxylic acids is 2. The minimum Gasteiger partial charge on any atom is -0.361 e.